The molecule has 0 spiro atoms. The summed E-state index contributed by atoms with van der Waals surface area (Å²) in [7, 11) is 0. The number of benzene rings is 1. The molecule has 0 aliphatic rings. The predicted molar refractivity (Wildman–Crippen MR) is 59.6 cm³/mol. The SMILES string of the molecule is O=C(Cl)c1ncc(Br)c2ccccc12. The average molecular weight is 271 g/mol. The van der Waals surface area contributed by atoms with E-state index in [1.54, 1.807) is 6.20 Å². The van der Waals surface area contributed by atoms with Crippen molar-refractivity contribution in [3.63, 3.8) is 0 Å². The first kappa shape index (κ1) is 9.62. The Hall–Kier alpha value is -0.930. The minimum absolute atomic E-state index is 0.297. The molecule has 1 heterocycles. The molecule has 0 saturated carbocycles. The Morgan fingerprint density at radius 1 is 1.29 bits per heavy atom. The van der Waals surface area contributed by atoms with Crippen LogP contribution in [0.4, 0.5) is 0 Å². The van der Waals surface area contributed by atoms with Gasteiger partial charge in [0.1, 0.15) is 5.69 Å². The number of aromatic nitrogens is 1. The molecule has 14 heavy (non-hydrogen) atoms. The van der Waals surface area contributed by atoms with Gasteiger partial charge in [0, 0.05) is 16.1 Å². The third kappa shape index (κ3) is 1.53. The molecular weight excluding hydrogens is 265 g/mol. The molecule has 0 bridgehead atoms. The summed E-state index contributed by atoms with van der Waals surface area (Å²) in [6.45, 7) is 0. The summed E-state index contributed by atoms with van der Waals surface area (Å²) in [4.78, 5) is 15.0. The van der Waals surface area contributed by atoms with Crippen LogP contribution in [-0.2, 0) is 0 Å². The quantitative estimate of drug-likeness (QED) is 0.744. The summed E-state index contributed by atoms with van der Waals surface area (Å²) in [6, 6.07) is 7.47. The van der Waals surface area contributed by atoms with Crippen molar-refractivity contribution in [3.05, 3.63) is 40.6 Å². The van der Waals surface area contributed by atoms with E-state index in [0.717, 1.165) is 15.2 Å². The van der Waals surface area contributed by atoms with Crippen LogP contribution in [0.5, 0.6) is 0 Å². The fraction of sp³-hybridized carbons (Fsp3) is 0. The highest BCUT2D eigenvalue weighted by Crippen LogP contribution is 2.25. The van der Waals surface area contributed by atoms with Gasteiger partial charge in [0.25, 0.3) is 5.24 Å². The van der Waals surface area contributed by atoms with Crippen LogP contribution < -0.4 is 0 Å². The Kier molecular flexibility index (Phi) is 2.52. The van der Waals surface area contributed by atoms with E-state index in [0.29, 0.717) is 5.69 Å². The number of carbonyl (C=O) groups excluding carboxylic acids is 1. The molecule has 0 saturated heterocycles. The Morgan fingerprint density at radius 2 is 1.93 bits per heavy atom. The molecule has 2 rings (SSSR count). The largest absolute Gasteiger partial charge is 0.274 e. The molecule has 1 aromatic carbocycles. The maximum atomic E-state index is 11.1. The molecular formula is C10H5BrClNO. The van der Waals surface area contributed by atoms with E-state index in [2.05, 4.69) is 20.9 Å². The minimum atomic E-state index is -0.534. The average Bonchev–Trinajstić information content (AvgIpc) is 2.18. The maximum absolute atomic E-state index is 11.1. The smallest absolute Gasteiger partial charge is 0.271 e. The lowest BCUT2D eigenvalue weighted by Crippen LogP contribution is -1.95. The molecule has 0 atom stereocenters. The lowest BCUT2D eigenvalue weighted by molar-refractivity contribution is 0.107. The summed E-state index contributed by atoms with van der Waals surface area (Å²) >= 11 is 8.78. The van der Waals surface area contributed by atoms with E-state index in [9.17, 15) is 4.79 Å². The van der Waals surface area contributed by atoms with Gasteiger partial charge in [-0.3, -0.25) is 4.79 Å². The highest BCUT2D eigenvalue weighted by molar-refractivity contribution is 9.10. The predicted octanol–water partition coefficient (Wildman–Crippen LogP) is 3.38. The fourth-order valence-electron chi connectivity index (χ4n) is 1.31. The van der Waals surface area contributed by atoms with E-state index in [1.807, 2.05) is 24.3 Å². The fourth-order valence-corrected chi connectivity index (χ4v) is 1.91. The van der Waals surface area contributed by atoms with Gasteiger partial charge in [-0.1, -0.05) is 24.3 Å². The summed E-state index contributed by atoms with van der Waals surface area (Å²) in [5.41, 5.74) is 0.297. The monoisotopic (exact) mass is 269 g/mol. The Labute approximate surface area is 94.0 Å². The number of nitrogens with zero attached hydrogens (tertiary/aromatic N) is 1. The molecule has 70 valence electrons. The molecule has 0 N–H and O–H groups in total. The van der Waals surface area contributed by atoms with Crippen molar-refractivity contribution >= 4 is 43.5 Å². The van der Waals surface area contributed by atoms with Gasteiger partial charge in [0.05, 0.1) is 0 Å². The molecule has 0 aliphatic carbocycles. The number of hydrogen-bond donors (Lipinski definition) is 0. The van der Waals surface area contributed by atoms with E-state index in [-0.39, 0.29) is 0 Å². The Morgan fingerprint density at radius 3 is 2.57 bits per heavy atom. The van der Waals surface area contributed by atoms with Crippen LogP contribution >= 0.6 is 27.5 Å². The van der Waals surface area contributed by atoms with Crippen molar-refractivity contribution < 1.29 is 4.79 Å². The molecule has 4 heteroatoms. The summed E-state index contributed by atoms with van der Waals surface area (Å²) in [6.07, 6.45) is 1.58. The van der Waals surface area contributed by atoms with Crippen molar-refractivity contribution in [1.29, 1.82) is 0 Å². The molecule has 2 nitrogen and oxygen atoms in total. The number of rotatable bonds is 1. The van der Waals surface area contributed by atoms with Crippen LogP contribution in [0.3, 0.4) is 0 Å². The molecule has 0 amide bonds. The zero-order valence-corrected chi connectivity index (χ0v) is 9.34. The third-order valence-electron chi connectivity index (χ3n) is 1.93. The topological polar surface area (TPSA) is 30.0 Å². The molecule has 0 radical (unpaired) electrons. The van der Waals surface area contributed by atoms with E-state index in [1.165, 1.54) is 0 Å². The second-order valence-electron chi connectivity index (χ2n) is 2.77. The zero-order chi connectivity index (χ0) is 10.1. The number of fused-ring (bicyclic) bond motifs is 1. The molecule has 0 unspecified atom stereocenters. The highest BCUT2D eigenvalue weighted by Gasteiger charge is 2.10. The normalized spacial score (nSPS) is 10.4. The first-order valence-corrected chi connectivity index (χ1v) is 5.10. The van der Waals surface area contributed by atoms with E-state index in [4.69, 9.17) is 11.6 Å². The van der Waals surface area contributed by atoms with Crippen LogP contribution in [0.2, 0.25) is 0 Å². The molecule has 1 aromatic heterocycles. The number of hydrogen-bond acceptors (Lipinski definition) is 2. The zero-order valence-electron chi connectivity index (χ0n) is 7.00. The van der Waals surface area contributed by atoms with Crippen molar-refractivity contribution in [2.75, 3.05) is 0 Å². The summed E-state index contributed by atoms with van der Waals surface area (Å²) < 4.78 is 0.856. The highest BCUT2D eigenvalue weighted by atomic mass is 79.9. The van der Waals surface area contributed by atoms with E-state index >= 15 is 0 Å². The molecule has 0 aliphatic heterocycles. The van der Waals surface area contributed by atoms with Crippen molar-refractivity contribution in [1.82, 2.24) is 4.98 Å². The van der Waals surface area contributed by atoms with Crippen LogP contribution in [0, 0.1) is 0 Å². The summed E-state index contributed by atoms with van der Waals surface area (Å²) in [5.74, 6) is 0. The van der Waals surface area contributed by atoms with Crippen LogP contribution in [0.25, 0.3) is 10.8 Å². The lowest BCUT2D eigenvalue weighted by Gasteiger charge is -2.02. The minimum Gasteiger partial charge on any atom is -0.274 e. The lowest BCUT2D eigenvalue weighted by atomic mass is 10.1. The van der Waals surface area contributed by atoms with Gasteiger partial charge < -0.3 is 0 Å². The molecule has 2 aromatic rings. The van der Waals surface area contributed by atoms with Gasteiger partial charge in [-0.25, -0.2) is 4.98 Å². The second kappa shape index (κ2) is 3.67. The Balaban J connectivity index is 2.88. The second-order valence-corrected chi connectivity index (χ2v) is 3.97. The van der Waals surface area contributed by atoms with Gasteiger partial charge in [-0.05, 0) is 32.9 Å². The van der Waals surface area contributed by atoms with Crippen molar-refractivity contribution in [2.45, 2.75) is 0 Å². The van der Waals surface area contributed by atoms with Gasteiger partial charge in [-0.2, -0.15) is 0 Å². The molecule has 0 fully saturated rings. The third-order valence-corrected chi connectivity index (χ3v) is 2.74. The van der Waals surface area contributed by atoms with Crippen LogP contribution in [-0.4, -0.2) is 10.2 Å². The van der Waals surface area contributed by atoms with Gasteiger partial charge in [0.2, 0.25) is 0 Å². The first-order valence-electron chi connectivity index (χ1n) is 3.93. The number of pyridine rings is 1. The van der Waals surface area contributed by atoms with Gasteiger partial charge in [-0.15, -0.1) is 0 Å². The van der Waals surface area contributed by atoms with Gasteiger partial charge in [0.15, 0.2) is 0 Å². The van der Waals surface area contributed by atoms with Crippen molar-refractivity contribution in [3.8, 4) is 0 Å². The standard InChI is InChI=1S/C10H5BrClNO/c11-8-5-13-9(10(12)14)7-4-2-1-3-6(7)8/h1-5H. The number of halogens is 2. The Bertz CT molecular complexity index is 512. The first-order chi connectivity index (χ1) is 6.70. The van der Waals surface area contributed by atoms with E-state index < -0.39 is 5.24 Å². The van der Waals surface area contributed by atoms with Gasteiger partial charge >= 0.3 is 0 Å². The van der Waals surface area contributed by atoms with Crippen LogP contribution in [0.1, 0.15) is 10.5 Å². The van der Waals surface area contributed by atoms with Crippen molar-refractivity contribution in [2.24, 2.45) is 0 Å². The number of carbonyl (C=O) groups is 1. The summed E-state index contributed by atoms with van der Waals surface area (Å²) in [5, 5.41) is 1.17. The maximum Gasteiger partial charge on any atom is 0.271 e. The van der Waals surface area contributed by atoms with Crippen LogP contribution in [0.15, 0.2) is 34.9 Å².